The van der Waals surface area contributed by atoms with Gasteiger partial charge in [0.1, 0.15) is 0 Å². The summed E-state index contributed by atoms with van der Waals surface area (Å²) in [6.45, 7) is 0. The molecule has 3 aliphatic rings. The molecule has 0 saturated heterocycles. The number of amides is 2. The second kappa shape index (κ2) is 3.66. The van der Waals surface area contributed by atoms with Gasteiger partial charge in [-0.1, -0.05) is 6.07 Å². The van der Waals surface area contributed by atoms with Gasteiger partial charge in [0.15, 0.2) is 0 Å². The topological polar surface area (TPSA) is 70.6 Å². The average Bonchev–Trinajstić information content (AvgIpc) is 3.20. The van der Waals surface area contributed by atoms with Crippen molar-refractivity contribution >= 4 is 23.2 Å². The standard InChI is InChI=1S/C14H13N3O2/c18-12-4-2-7-5-8(1-3-11(7)15-12)13-9-6-10(9)14(19)17-16-13/h1,3,5,9-10H,2,4,6H2,(H,15,18)(H,17,19). The zero-order valence-corrected chi connectivity index (χ0v) is 10.3. The number of hydrazone groups is 1. The molecule has 1 aromatic rings. The molecule has 1 fully saturated rings. The minimum Gasteiger partial charge on any atom is -0.326 e. The number of hydrogen-bond acceptors (Lipinski definition) is 3. The Morgan fingerprint density at radius 2 is 2.05 bits per heavy atom. The molecule has 96 valence electrons. The molecule has 19 heavy (non-hydrogen) atoms. The van der Waals surface area contributed by atoms with Crippen molar-refractivity contribution in [3.05, 3.63) is 29.3 Å². The molecule has 2 N–H and O–H groups in total. The van der Waals surface area contributed by atoms with E-state index in [1.807, 2.05) is 12.1 Å². The van der Waals surface area contributed by atoms with Crippen molar-refractivity contribution in [3.63, 3.8) is 0 Å². The first-order valence-corrected chi connectivity index (χ1v) is 6.53. The predicted molar refractivity (Wildman–Crippen MR) is 69.7 cm³/mol. The number of carbonyl (C=O) groups excluding carboxylic acids is 2. The van der Waals surface area contributed by atoms with Crippen LogP contribution in [0.5, 0.6) is 0 Å². The van der Waals surface area contributed by atoms with E-state index in [-0.39, 0.29) is 23.7 Å². The minimum atomic E-state index is 0.0407. The van der Waals surface area contributed by atoms with Crippen molar-refractivity contribution in [2.45, 2.75) is 19.3 Å². The Bertz CT molecular complexity index is 636. The number of fused-ring (bicyclic) bond motifs is 2. The summed E-state index contributed by atoms with van der Waals surface area (Å²) >= 11 is 0. The Morgan fingerprint density at radius 3 is 2.95 bits per heavy atom. The lowest BCUT2D eigenvalue weighted by Gasteiger charge is -2.19. The maximum absolute atomic E-state index is 11.4. The van der Waals surface area contributed by atoms with E-state index in [1.165, 1.54) is 0 Å². The van der Waals surface area contributed by atoms with Gasteiger partial charge in [-0.25, -0.2) is 5.43 Å². The summed E-state index contributed by atoms with van der Waals surface area (Å²) < 4.78 is 0. The third-order valence-corrected chi connectivity index (χ3v) is 4.06. The molecule has 1 saturated carbocycles. The first-order valence-electron chi connectivity index (χ1n) is 6.53. The monoisotopic (exact) mass is 255 g/mol. The smallest absolute Gasteiger partial charge is 0.243 e. The molecular formula is C14H13N3O2. The first-order chi connectivity index (χ1) is 9.22. The number of hydrogen-bond donors (Lipinski definition) is 2. The third kappa shape index (κ3) is 1.65. The molecule has 5 nitrogen and oxygen atoms in total. The van der Waals surface area contributed by atoms with Gasteiger partial charge in [0, 0.05) is 23.9 Å². The molecule has 0 spiro atoms. The second-order valence-electron chi connectivity index (χ2n) is 5.34. The Labute approximate surface area is 110 Å². The van der Waals surface area contributed by atoms with Crippen LogP contribution in [0.1, 0.15) is 24.0 Å². The van der Waals surface area contributed by atoms with Gasteiger partial charge >= 0.3 is 0 Å². The van der Waals surface area contributed by atoms with Crippen LogP contribution in [-0.2, 0) is 16.0 Å². The van der Waals surface area contributed by atoms with Crippen LogP contribution < -0.4 is 10.7 Å². The molecule has 2 aliphatic heterocycles. The summed E-state index contributed by atoms with van der Waals surface area (Å²) in [6.07, 6.45) is 2.20. The lowest BCUT2D eigenvalue weighted by atomic mass is 9.96. The molecule has 0 radical (unpaired) electrons. The highest BCUT2D eigenvalue weighted by Crippen LogP contribution is 2.43. The summed E-state index contributed by atoms with van der Waals surface area (Å²) in [5.41, 5.74) is 6.67. The zero-order chi connectivity index (χ0) is 13.0. The van der Waals surface area contributed by atoms with Crippen LogP contribution in [0.4, 0.5) is 5.69 Å². The number of carbonyl (C=O) groups is 2. The fourth-order valence-corrected chi connectivity index (χ4v) is 2.89. The first kappa shape index (κ1) is 10.7. The van der Waals surface area contributed by atoms with Gasteiger partial charge in [0.25, 0.3) is 0 Å². The molecule has 2 unspecified atom stereocenters. The van der Waals surface area contributed by atoms with Crippen LogP contribution in [0.25, 0.3) is 0 Å². The van der Waals surface area contributed by atoms with E-state index in [0.717, 1.165) is 35.4 Å². The number of anilines is 1. The highest BCUT2D eigenvalue weighted by molar-refractivity contribution is 6.10. The van der Waals surface area contributed by atoms with Gasteiger partial charge in [-0.2, -0.15) is 5.10 Å². The van der Waals surface area contributed by atoms with Crippen molar-refractivity contribution in [3.8, 4) is 0 Å². The Hall–Kier alpha value is -2.17. The highest BCUT2D eigenvalue weighted by atomic mass is 16.2. The second-order valence-corrected chi connectivity index (χ2v) is 5.34. The fraction of sp³-hybridized carbons (Fsp3) is 0.357. The lowest BCUT2D eigenvalue weighted by molar-refractivity contribution is -0.122. The summed E-state index contributed by atoms with van der Waals surface area (Å²) in [5, 5.41) is 7.07. The highest BCUT2D eigenvalue weighted by Gasteiger charge is 2.49. The van der Waals surface area contributed by atoms with Crippen LogP contribution in [0.3, 0.4) is 0 Å². The van der Waals surface area contributed by atoms with Crippen LogP contribution in [-0.4, -0.2) is 17.5 Å². The van der Waals surface area contributed by atoms with Crippen LogP contribution in [0, 0.1) is 11.8 Å². The number of rotatable bonds is 1. The van der Waals surface area contributed by atoms with Crippen LogP contribution in [0.15, 0.2) is 23.3 Å². The lowest BCUT2D eigenvalue weighted by Crippen LogP contribution is -2.29. The molecule has 2 atom stereocenters. The molecule has 0 aromatic heterocycles. The van der Waals surface area contributed by atoms with E-state index in [0.29, 0.717) is 6.42 Å². The maximum atomic E-state index is 11.4. The van der Waals surface area contributed by atoms with Crippen LogP contribution in [0.2, 0.25) is 0 Å². The van der Waals surface area contributed by atoms with Gasteiger partial charge in [0.05, 0.1) is 5.71 Å². The minimum absolute atomic E-state index is 0.0407. The largest absolute Gasteiger partial charge is 0.326 e. The summed E-state index contributed by atoms with van der Waals surface area (Å²) in [5.74, 6) is 0.511. The molecular weight excluding hydrogens is 242 g/mol. The van der Waals surface area contributed by atoms with E-state index in [9.17, 15) is 9.59 Å². The van der Waals surface area contributed by atoms with E-state index < -0.39 is 0 Å². The molecule has 2 amide bonds. The van der Waals surface area contributed by atoms with Gasteiger partial charge in [-0.3, -0.25) is 9.59 Å². The third-order valence-electron chi connectivity index (χ3n) is 4.06. The van der Waals surface area contributed by atoms with Crippen molar-refractivity contribution < 1.29 is 9.59 Å². The Kier molecular flexibility index (Phi) is 2.07. The molecule has 0 bridgehead atoms. The average molecular weight is 255 g/mol. The molecule has 2 heterocycles. The normalized spacial score (nSPS) is 27.7. The van der Waals surface area contributed by atoms with Crippen LogP contribution >= 0.6 is 0 Å². The summed E-state index contributed by atoms with van der Waals surface area (Å²) in [4.78, 5) is 22.7. The molecule has 4 rings (SSSR count). The SMILES string of the molecule is O=C1CCc2cc(C3=NNC(=O)C4CC34)ccc2N1. The van der Waals surface area contributed by atoms with Gasteiger partial charge < -0.3 is 5.32 Å². The number of aryl methyl sites for hydroxylation is 1. The molecule has 5 heteroatoms. The number of nitrogens with one attached hydrogen (secondary N) is 2. The molecule has 1 aliphatic carbocycles. The maximum Gasteiger partial charge on any atom is 0.243 e. The quantitative estimate of drug-likeness (QED) is 0.787. The van der Waals surface area contributed by atoms with Crippen molar-refractivity contribution in [1.29, 1.82) is 0 Å². The predicted octanol–water partition coefficient (Wildman–Crippen LogP) is 1.04. The summed E-state index contributed by atoms with van der Waals surface area (Å²) in [6, 6.07) is 5.98. The van der Waals surface area contributed by atoms with Crippen molar-refractivity contribution in [2.75, 3.05) is 5.32 Å². The van der Waals surface area contributed by atoms with E-state index in [2.05, 4.69) is 21.9 Å². The Morgan fingerprint density at radius 1 is 1.16 bits per heavy atom. The number of benzene rings is 1. The molecule has 1 aromatic carbocycles. The van der Waals surface area contributed by atoms with E-state index >= 15 is 0 Å². The summed E-state index contributed by atoms with van der Waals surface area (Å²) in [7, 11) is 0. The van der Waals surface area contributed by atoms with Gasteiger partial charge in [-0.05, 0) is 36.1 Å². The van der Waals surface area contributed by atoms with Gasteiger partial charge in [-0.15, -0.1) is 0 Å². The van der Waals surface area contributed by atoms with E-state index in [1.54, 1.807) is 0 Å². The van der Waals surface area contributed by atoms with E-state index in [4.69, 9.17) is 0 Å². The fourth-order valence-electron chi connectivity index (χ4n) is 2.89. The Balaban J connectivity index is 1.70. The van der Waals surface area contributed by atoms with Crippen molar-refractivity contribution in [2.24, 2.45) is 16.9 Å². The van der Waals surface area contributed by atoms with Gasteiger partial charge in [0.2, 0.25) is 11.8 Å². The van der Waals surface area contributed by atoms with Crippen molar-refractivity contribution in [1.82, 2.24) is 5.43 Å². The number of nitrogens with zero attached hydrogens (tertiary/aromatic N) is 1. The zero-order valence-electron chi connectivity index (χ0n) is 10.3.